The minimum atomic E-state index is -2.98. The van der Waals surface area contributed by atoms with Crippen LogP contribution in [0.1, 0.15) is 40.2 Å². The molecule has 0 aliphatic rings. The minimum absolute atomic E-state index is 0. The zero-order valence-corrected chi connectivity index (χ0v) is 19.7. The van der Waals surface area contributed by atoms with E-state index in [1.165, 1.54) is 0 Å². The van der Waals surface area contributed by atoms with E-state index in [2.05, 4.69) is 20.4 Å². The van der Waals surface area contributed by atoms with Gasteiger partial charge in [0.05, 0.1) is 13.2 Å². The molecular formula is C19H30F2IN3O4. The van der Waals surface area contributed by atoms with E-state index in [0.717, 1.165) is 0 Å². The number of ether oxygens (including phenoxy) is 3. The number of alkyl halides is 2. The quantitative estimate of drug-likeness (QED) is 0.220. The number of rotatable bonds is 9. The average Bonchev–Trinajstić information content (AvgIpc) is 2.58. The van der Waals surface area contributed by atoms with E-state index in [-0.39, 0.29) is 48.6 Å². The zero-order valence-electron chi connectivity index (χ0n) is 17.4. The Balaban J connectivity index is 0.00000784. The summed E-state index contributed by atoms with van der Waals surface area (Å²) in [6.07, 6.45) is 0. The van der Waals surface area contributed by atoms with Crippen molar-refractivity contribution >= 4 is 35.9 Å². The Morgan fingerprint density at radius 3 is 2.45 bits per heavy atom. The molecule has 0 amide bonds. The highest BCUT2D eigenvalue weighted by Crippen LogP contribution is 2.33. The number of nitrogens with zero attached hydrogens (tertiary/aromatic N) is 1. The predicted octanol–water partition coefficient (Wildman–Crippen LogP) is 3.70. The number of hydrogen-bond donors (Lipinski definition) is 2. The van der Waals surface area contributed by atoms with Crippen molar-refractivity contribution in [3.05, 3.63) is 23.8 Å². The summed E-state index contributed by atoms with van der Waals surface area (Å²) < 4.78 is 40.8. The number of benzene rings is 1. The van der Waals surface area contributed by atoms with E-state index in [1.807, 2.05) is 6.92 Å². The third-order valence-electron chi connectivity index (χ3n) is 3.14. The summed E-state index contributed by atoms with van der Waals surface area (Å²) >= 11 is 0. The highest BCUT2D eigenvalue weighted by atomic mass is 127. The van der Waals surface area contributed by atoms with E-state index in [4.69, 9.17) is 9.47 Å². The van der Waals surface area contributed by atoms with Crippen molar-refractivity contribution in [2.75, 3.05) is 19.7 Å². The standard InChI is InChI=1S/C19H29F2N3O4.HI/c1-6-22-18(24-12-15(25)28-19(3,4)5)23-11-13-9-8-10-14(26-7-2)16(13)27-17(20)21;/h8-10,17H,6-7,11-12H2,1-5H3,(H2,22,23,24);1H. The number of nitrogens with one attached hydrogen (secondary N) is 2. The lowest BCUT2D eigenvalue weighted by atomic mass is 10.2. The molecule has 0 unspecified atom stereocenters. The molecule has 29 heavy (non-hydrogen) atoms. The molecule has 1 aromatic rings. The van der Waals surface area contributed by atoms with Gasteiger partial charge in [0, 0.05) is 12.1 Å². The first-order valence-corrected chi connectivity index (χ1v) is 9.09. The van der Waals surface area contributed by atoms with Gasteiger partial charge in [0.25, 0.3) is 0 Å². The van der Waals surface area contributed by atoms with Gasteiger partial charge in [0.15, 0.2) is 17.5 Å². The van der Waals surface area contributed by atoms with Crippen LogP contribution in [0, 0.1) is 0 Å². The number of esters is 1. The van der Waals surface area contributed by atoms with Crippen LogP contribution in [0.3, 0.4) is 0 Å². The normalized spacial score (nSPS) is 11.5. The zero-order chi connectivity index (χ0) is 21.2. The van der Waals surface area contributed by atoms with Crippen LogP contribution in [0.15, 0.2) is 23.2 Å². The molecular weight excluding hydrogens is 499 g/mol. The first-order valence-electron chi connectivity index (χ1n) is 9.09. The first kappa shape index (κ1) is 27.1. The maximum Gasteiger partial charge on any atom is 0.387 e. The molecule has 2 N–H and O–H groups in total. The summed E-state index contributed by atoms with van der Waals surface area (Å²) in [6, 6.07) is 4.86. The first-order chi connectivity index (χ1) is 13.2. The Labute approximate surface area is 187 Å². The molecule has 0 bridgehead atoms. The molecule has 0 spiro atoms. The van der Waals surface area contributed by atoms with E-state index < -0.39 is 18.2 Å². The Kier molecular flexibility index (Phi) is 12.5. The fourth-order valence-corrected chi connectivity index (χ4v) is 2.22. The molecule has 0 saturated heterocycles. The third-order valence-corrected chi connectivity index (χ3v) is 3.14. The maximum absolute atomic E-state index is 12.8. The number of carbonyl (C=O) groups excluding carboxylic acids is 1. The fourth-order valence-electron chi connectivity index (χ4n) is 2.22. The van der Waals surface area contributed by atoms with Gasteiger partial charge in [-0.1, -0.05) is 12.1 Å². The Morgan fingerprint density at radius 1 is 1.21 bits per heavy atom. The van der Waals surface area contributed by atoms with Crippen LogP contribution < -0.4 is 20.1 Å². The highest BCUT2D eigenvalue weighted by Gasteiger charge is 2.17. The smallest absolute Gasteiger partial charge is 0.387 e. The van der Waals surface area contributed by atoms with Crippen LogP contribution in [0.5, 0.6) is 11.5 Å². The summed E-state index contributed by atoms with van der Waals surface area (Å²) in [5, 5.41) is 5.84. The Morgan fingerprint density at radius 2 is 1.90 bits per heavy atom. The summed E-state index contributed by atoms with van der Waals surface area (Å²) in [6.45, 7) is 6.80. The van der Waals surface area contributed by atoms with Gasteiger partial charge in [-0.15, -0.1) is 24.0 Å². The number of carbonyl (C=O) groups is 1. The lowest BCUT2D eigenvalue weighted by Crippen LogP contribution is -2.41. The molecule has 10 heteroatoms. The largest absolute Gasteiger partial charge is 0.490 e. The van der Waals surface area contributed by atoms with Crippen LogP contribution >= 0.6 is 24.0 Å². The Hall–Kier alpha value is -1.85. The molecule has 0 aliphatic heterocycles. The SMILES string of the molecule is CCNC(=NCc1cccc(OCC)c1OC(F)F)NCC(=O)OC(C)(C)C.I. The van der Waals surface area contributed by atoms with Gasteiger partial charge >= 0.3 is 12.6 Å². The van der Waals surface area contributed by atoms with Gasteiger partial charge in [0.1, 0.15) is 12.1 Å². The number of guanidine groups is 1. The van der Waals surface area contributed by atoms with Crippen LogP contribution in [0.2, 0.25) is 0 Å². The Bertz CT molecular complexity index is 667. The third kappa shape index (κ3) is 11.1. The summed E-state index contributed by atoms with van der Waals surface area (Å²) in [5.41, 5.74) is -0.157. The molecule has 1 aromatic carbocycles. The molecule has 0 atom stereocenters. The van der Waals surface area contributed by atoms with Crippen LogP contribution in [0.4, 0.5) is 8.78 Å². The van der Waals surface area contributed by atoms with Crippen LogP contribution in [-0.2, 0) is 16.1 Å². The molecule has 0 heterocycles. The second-order valence-corrected chi connectivity index (χ2v) is 6.69. The molecule has 0 fully saturated rings. The van der Waals surface area contributed by atoms with E-state index in [0.29, 0.717) is 24.7 Å². The van der Waals surface area contributed by atoms with Crippen molar-refractivity contribution in [1.82, 2.24) is 10.6 Å². The van der Waals surface area contributed by atoms with Gasteiger partial charge in [-0.25, -0.2) is 4.99 Å². The van der Waals surface area contributed by atoms with E-state index in [1.54, 1.807) is 45.9 Å². The van der Waals surface area contributed by atoms with Crippen molar-refractivity contribution in [2.24, 2.45) is 4.99 Å². The predicted molar refractivity (Wildman–Crippen MR) is 118 cm³/mol. The van der Waals surface area contributed by atoms with Crippen LogP contribution in [0.25, 0.3) is 0 Å². The molecule has 166 valence electrons. The topological polar surface area (TPSA) is 81.2 Å². The summed E-state index contributed by atoms with van der Waals surface area (Å²) in [7, 11) is 0. The fraction of sp³-hybridized carbons (Fsp3) is 0.579. The second kappa shape index (κ2) is 13.4. The van der Waals surface area contributed by atoms with Crippen LogP contribution in [-0.4, -0.2) is 43.8 Å². The van der Waals surface area contributed by atoms with E-state index >= 15 is 0 Å². The molecule has 0 aliphatic carbocycles. The van der Waals surface area contributed by atoms with Gasteiger partial charge in [-0.2, -0.15) is 8.78 Å². The number of hydrogen-bond acceptors (Lipinski definition) is 5. The minimum Gasteiger partial charge on any atom is -0.490 e. The average molecular weight is 529 g/mol. The number of aliphatic imine (C=N–C) groups is 1. The molecule has 1 rings (SSSR count). The van der Waals surface area contributed by atoms with Crippen molar-refractivity contribution < 1.29 is 27.8 Å². The van der Waals surface area contributed by atoms with Gasteiger partial charge in [-0.3, -0.25) is 4.79 Å². The van der Waals surface area contributed by atoms with Crippen molar-refractivity contribution in [3.63, 3.8) is 0 Å². The molecule has 0 aromatic heterocycles. The van der Waals surface area contributed by atoms with Gasteiger partial charge in [-0.05, 0) is 40.7 Å². The van der Waals surface area contributed by atoms with Crippen molar-refractivity contribution in [2.45, 2.75) is 53.4 Å². The van der Waals surface area contributed by atoms with Gasteiger partial charge < -0.3 is 24.8 Å². The summed E-state index contributed by atoms with van der Waals surface area (Å²) in [4.78, 5) is 16.2. The summed E-state index contributed by atoms with van der Waals surface area (Å²) in [5.74, 6) is 0.0876. The van der Waals surface area contributed by atoms with Crippen molar-refractivity contribution in [1.29, 1.82) is 0 Å². The molecule has 0 radical (unpaired) electrons. The van der Waals surface area contributed by atoms with Crippen molar-refractivity contribution in [3.8, 4) is 11.5 Å². The van der Waals surface area contributed by atoms with Gasteiger partial charge in [0.2, 0.25) is 0 Å². The monoisotopic (exact) mass is 529 g/mol. The lowest BCUT2D eigenvalue weighted by molar-refractivity contribution is -0.153. The van der Waals surface area contributed by atoms with E-state index in [9.17, 15) is 13.6 Å². The molecule has 0 saturated carbocycles. The second-order valence-electron chi connectivity index (χ2n) is 6.69. The number of halogens is 3. The maximum atomic E-state index is 12.8. The highest BCUT2D eigenvalue weighted by molar-refractivity contribution is 14.0. The number of para-hydroxylation sites is 1. The molecule has 7 nitrogen and oxygen atoms in total. The lowest BCUT2D eigenvalue weighted by Gasteiger charge is -2.20.